The molecule has 0 atom stereocenters. The number of rotatable bonds is 17. The third kappa shape index (κ3) is 13.4. The van der Waals surface area contributed by atoms with Crippen molar-refractivity contribution in [3.05, 3.63) is 42.0 Å². The molecule has 0 spiro atoms. The summed E-state index contributed by atoms with van der Waals surface area (Å²) in [6, 6.07) is 6.12. The minimum Gasteiger partial charge on any atom is -0.508 e. The van der Waals surface area contributed by atoms with Gasteiger partial charge in [-0.1, -0.05) is 89.7 Å². The van der Waals surface area contributed by atoms with Crippen LogP contribution < -0.4 is 0 Å². The van der Waals surface area contributed by atoms with Crippen LogP contribution in [-0.4, -0.2) is 17.7 Å². The van der Waals surface area contributed by atoms with Gasteiger partial charge in [-0.3, -0.25) is 0 Å². The normalized spacial score (nSPS) is 11.2. The summed E-state index contributed by atoms with van der Waals surface area (Å²) in [6.45, 7) is 2.67. The third-order valence-electron chi connectivity index (χ3n) is 5.01. The van der Waals surface area contributed by atoms with Gasteiger partial charge in [-0.2, -0.15) is 0 Å². The van der Waals surface area contributed by atoms with Crippen LogP contribution in [0.2, 0.25) is 0 Å². The Morgan fingerprint density at radius 2 is 1.29 bits per heavy atom. The molecule has 0 saturated carbocycles. The Bertz CT molecular complexity index is 519. The number of phenolic OH excluding ortho intramolecular Hbond substituents is 1. The Kier molecular flexibility index (Phi) is 15.0. The van der Waals surface area contributed by atoms with E-state index < -0.39 is 0 Å². The van der Waals surface area contributed by atoms with Gasteiger partial charge in [-0.05, 0) is 43.5 Å². The van der Waals surface area contributed by atoms with Crippen molar-refractivity contribution in [2.45, 2.75) is 96.8 Å². The molecule has 0 bridgehead atoms. The molecule has 0 saturated heterocycles. The molecule has 0 unspecified atom stereocenters. The van der Waals surface area contributed by atoms with Crippen molar-refractivity contribution in [2.24, 2.45) is 0 Å². The Hall–Kier alpha value is -1.77. The Balaban J connectivity index is 1.84. The van der Waals surface area contributed by atoms with Gasteiger partial charge in [0.15, 0.2) is 0 Å². The number of benzene rings is 1. The summed E-state index contributed by atoms with van der Waals surface area (Å²) in [5, 5.41) is 9.21. The predicted molar refractivity (Wildman–Crippen MR) is 118 cm³/mol. The van der Waals surface area contributed by atoms with Crippen LogP contribution in [0.1, 0.15) is 107 Å². The van der Waals surface area contributed by atoms with Gasteiger partial charge in [0, 0.05) is 0 Å². The second-order valence-electron chi connectivity index (χ2n) is 7.62. The lowest BCUT2D eigenvalue weighted by atomic mass is 10.0. The zero-order chi connectivity index (χ0) is 20.3. The number of carbonyl (C=O) groups is 1. The SMILES string of the molecule is CCCCCCCCCCCCCC/C=C/CCOC(=O)c1ccc(O)cc1. The summed E-state index contributed by atoms with van der Waals surface area (Å²) in [6.07, 6.45) is 22.7. The van der Waals surface area contributed by atoms with E-state index in [2.05, 4.69) is 19.1 Å². The van der Waals surface area contributed by atoms with Gasteiger partial charge in [-0.25, -0.2) is 4.79 Å². The van der Waals surface area contributed by atoms with Crippen LogP contribution in [-0.2, 0) is 4.74 Å². The predicted octanol–water partition coefficient (Wildman–Crippen LogP) is 7.59. The molecule has 3 nitrogen and oxygen atoms in total. The maximum Gasteiger partial charge on any atom is 0.338 e. The molecule has 1 aromatic rings. The third-order valence-corrected chi connectivity index (χ3v) is 5.01. The van der Waals surface area contributed by atoms with E-state index in [1.807, 2.05) is 0 Å². The molecule has 3 heteroatoms. The zero-order valence-corrected chi connectivity index (χ0v) is 17.8. The van der Waals surface area contributed by atoms with Crippen LogP contribution in [0, 0.1) is 0 Å². The Labute approximate surface area is 172 Å². The van der Waals surface area contributed by atoms with E-state index in [1.165, 1.54) is 89.2 Å². The molecule has 0 aromatic heterocycles. The van der Waals surface area contributed by atoms with Gasteiger partial charge in [0.2, 0.25) is 0 Å². The number of esters is 1. The summed E-state index contributed by atoms with van der Waals surface area (Å²) < 4.78 is 5.22. The summed E-state index contributed by atoms with van der Waals surface area (Å²) in [4.78, 5) is 11.8. The van der Waals surface area contributed by atoms with Crippen molar-refractivity contribution in [3.63, 3.8) is 0 Å². The van der Waals surface area contributed by atoms with Crippen LogP contribution in [0.25, 0.3) is 0 Å². The van der Waals surface area contributed by atoms with E-state index >= 15 is 0 Å². The highest BCUT2D eigenvalue weighted by molar-refractivity contribution is 5.89. The average Bonchev–Trinajstić information content (AvgIpc) is 2.70. The summed E-state index contributed by atoms with van der Waals surface area (Å²) >= 11 is 0. The fourth-order valence-corrected chi connectivity index (χ4v) is 3.24. The first-order valence-electron chi connectivity index (χ1n) is 11.3. The molecule has 0 amide bonds. The van der Waals surface area contributed by atoms with Gasteiger partial charge < -0.3 is 9.84 Å². The highest BCUT2D eigenvalue weighted by Gasteiger charge is 2.05. The van der Waals surface area contributed by atoms with E-state index in [-0.39, 0.29) is 11.7 Å². The minimum atomic E-state index is -0.339. The molecular weight excluding hydrogens is 348 g/mol. The van der Waals surface area contributed by atoms with E-state index in [0.717, 1.165) is 12.8 Å². The van der Waals surface area contributed by atoms with E-state index in [4.69, 9.17) is 4.74 Å². The van der Waals surface area contributed by atoms with Gasteiger partial charge >= 0.3 is 5.97 Å². The van der Waals surface area contributed by atoms with Crippen LogP contribution in [0.5, 0.6) is 5.75 Å². The molecule has 1 N–H and O–H groups in total. The maximum absolute atomic E-state index is 11.8. The fourth-order valence-electron chi connectivity index (χ4n) is 3.24. The molecule has 0 aliphatic rings. The quantitative estimate of drug-likeness (QED) is 0.170. The van der Waals surface area contributed by atoms with Crippen LogP contribution in [0.3, 0.4) is 0 Å². The maximum atomic E-state index is 11.8. The van der Waals surface area contributed by atoms with E-state index in [1.54, 1.807) is 12.1 Å². The lowest BCUT2D eigenvalue weighted by Gasteiger charge is -2.03. The first-order valence-corrected chi connectivity index (χ1v) is 11.3. The summed E-state index contributed by atoms with van der Waals surface area (Å²) in [5.74, 6) is -0.188. The molecule has 0 aliphatic heterocycles. The molecule has 0 radical (unpaired) electrons. The summed E-state index contributed by atoms with van der Waals surface area (Å²) in [7, 11) is 0. The van der Waals surface area contributed by atoms with Gasteiger partial charge in [0.1, 0.15) is 5.75 Å². The van der Waals surface area contributed by atoms with Crippen LogP contribution in [0.15, 0.2) is 36.4 Å². The highest BCUT2D eigenvalue weighted by Crippen LogP contribution is 2.13. The van der Waals surface area contributed by atoms with E-state index in [9.17, 15) is 9.90 Å². The molecule has 158 valence electrons. The topological polar surface area (TPSA) is 46.5 Å². The largest absolute Gasteiger partial charge is 0.508 e. The zero-order valence-electron chi connectivity index (χ0n) is 17.8. The number of unbranched alkanes of at least 4 members (excludes halogenated alkanes) is 12. The minimum absolute atomic E-state index is 0.150. The molecule has 28 heavy (non-hydrogen) atoms. The van der Waals surface area contributed by atoms with Crippen molar-refractivity contribution in [2.75, 3.05) is 6.61 Å². The molecule has 0 fully saturated rings. The van der Waals surface area contributed by atoms with Crippen LogP contribution in [0.4, 0.5) is 0 Å². The standard InChI is InChI=1S/C25H40O3/c1-2-3-4-5-6-7-8-9-10-11-12-13-14-15-16-17-22-28-25(27)23-18-20-24(26)21-19-23/h15-16,18-21,26H,2-14,17,22H2,1H3/b16-15+. The molecule has 0 aliphatic carbocycles. The number of carbonyl (C=O) groups excluding carboxylic acids is 1. The number of aromatic hydroxyl groups is 1. The molecule has 1 rings (SSSR count). The smallest absolute Gasteiger partial charge is 0.338 e. The number of hydrogen-bond acceptors (Lipinski definition) is 3. The lowest BCUT2D eigenvalue weighted by Crippen LogP contribution is -2.05. The average molecular weight is 389 g/mol. The molecule has 0 heterocycles. The van der Waals surface area contributed by atoms with Gasteiger partial charge in [0.25, 0.3) is 0 Å². The Morgan fingerprint density at radius 3 is 1.86 bits per heavy atom. The first-order chi connectivity index (χ1) is 13.7. The van der Waals surface area contributed by atoms with Crippen molar-refractivity contribution in [3.8, 4) is 5.75 Å². The second-order valence-corrected chi connectivity index (χ2v) is 7.62. The van der Waals surface area contributed by atoms with Gasteiger partial charge in [0.05, 0.1) is 12.2 Å². The fraction of sp³-hybridized carbons (Fsp3) is 0.640. The summed E-state index contributed by atoms with van der Waals surface area (Å²) in [5.41, 5.74) is 0.471. The number of ether oxygens (including phenoxy) is 1. The van der Waals surface area contributed by atoms with Crippen molar-refractivity contribution < 1.29 is 14.6 Å². The van der Waals surface area contributed by atoms with E-state index in [0.29, 0.717) is 12.2 Å². The lowest BCUT2D eigenvalue weighted by molar-refractivity contribution is 0.0511. The first kappa shape index (κ1) is 24.3. The van der Waals surface area contributed by atoms with Crippen molar-refractivity contribution in [1.29, 1.82) is 0 Å². The van der Waals surface area contributed by atoms with Crippen LogP contribution >= 0.6 is 0 Å². The molecule has 1 aromatic carbocycles. The number of phenols is 1. The second kappa shape index (κ2) is 17.3. The molecular formula is C25H40O3. The monoisotopic (exact) mass is 388 g/mol. The number of hydrogen-bond donors (Lipinski definition) is 1. The Morgan fingerprint density at radius 1 is 0.786 bits per heavy atom. The number of allylic oxidation sites excluding steroid dienone is 1. The highest BCUT2D eigenvalue weighted by atomic mass is 16.5. The van der Waals surface area contributed by atoms with Crippen molar-refractivity contribution in [1.82, 2.24) is 0 Å². The van der Waals surface area contributed by atoms with Crippen molar-refractivity contribution >= 4 is 5.97 Å². The van der Waals surface area contributed by atoms with Gasteiger partial charge in [-0.15, -0.1) is 0 Å².